The van der Waals surface area contributed by atoms with E-state index in [0.29, 0.717) is 17.2 Å². The van der Waals surface area contributed by atoms with Gasteiger partial charge in [0.15, 0.2) is 11.5 Å². The Kier molecular flexibility index (Phi) is 8.01. The third kappa shape index (κ3) is 5.71. The average Bonchev–Trinajstić information content (AvgIpc) is 3.18. The van der Waals surface area contributed by atoms with Gasteiger partial charge in [-0.05, 0) is 37.7 Å². The van der Waals surface area contributed by atoms with E-state index in [2.05, 4.69) is 26.6 Å². The molecule has 7 nitrogen and oxygen atoms in total. The maximum Gasteiger partial charge on any atom is 0.416 e. The smallest absolute Gasteiger partial charge is 0.416 e. The first kappa shape index (κ1) is 27.2. The number of likely N-dealkylation sites (N-methyl/N-ethyl adjacent to an activating group) is 1. The summed E-state index contributed by atoms with van der Waals surface area (Å²) in [6.07, 6.45) is -2.70. The Morgan fingerprint density at radius 3 is 2.08 bits per heavy atom. The highest BCUT2D eigenvalue weighted by molar-refractivity contribution is 5.73. The van der Waals surface area contributed by atoms with E-state index in [1.807, 2.05) is 25.4 Å². The zero-order valence-electron chi connectivity index (χ0n) is 22.0. The summed E-state index contributed by atoms with van der Waals surface area (Å²) in [5, 5.41) is 0. The van der Waals surface area contributed by atoms with Crippen LogP contribution < -0.4 is 14.2 Å². The highest BCUT2D eigenvalue weighted by Gasteiger charge is 2.40. The van der Waals surface area contributed by atoms with Gasteiger partial charge in [-0.2, -0.15) is 13.2 Å². The molecule has 0 aromatic heterocycles. The van der Waals surface area contributed by atoms with E-state index in [4.69, 9.17) is 14.2 Å². The van der Waals surface area contributed by atoms with Gasteiger partial charge in [0.05, 0.1) is 32.4 Å². The zero-order valence-corrected chi connectivity index (χ0v) is 22.0. The van der Waals surface area contributed by atoms with Gasteiger partial charge in [-0.3, -0.25) is 19.7 Å². The van der Waals surface area contributed by atoms with Crippen molar-refractivity contribution in [1.29, 1.82) is 0 Å². The summed E-state index contributed by atoms with van der Waals surface area (Å²) in [5.74, 6) is 1.92. The zero-order chi connectivity index (χ0) is 26.8. The monoisotopic (exact) mass is 520 g/mol. The number of hydrogen-bond donors (Lipinski definition) is 0. The number of halogens is 3. The lowest BCUT2D eigenvalue weighted by atomic mass is 10.0. The molecule has 0 N–H and O–H groups in total. The molecule has 4 rings (SSSR count). The first-order valence-electron chi connectivity index (χ1n) is 12.3. The summed E-state index contributed by atoms with van der Waals surface area (Å²) in [7, 11) is 6.83. The van der Waals surface area contributed by atoms with Crippen LogP contribution in [0.2, 0.25) is 0 Å². The Hall–Kier alpha value is -2.82. The fraction of sp³-hybridized carbons (Fsp3) is 0.519. The van der Waals surface area contributed by atoms with Crippen LogP contribution in [0.5, 0.6) is 17.2 Å². The van der Waals surface area contributed by atoms with Gasteiger partial charge in [0.2, 0.25) is 5.75 Å². The second-order valence-electron chi connectivity index (χ2n) is 9.79. The van der Waals surface area contributed by atoms with Crippen molar-refractivity contribution in [3.8, 4) is 17.2 Å². The SMILES string of the molecule is COc1ccc(CN2CCN(CC3(C)C=NC(c4ccc(C(F)(F)F)cc4)N3C)CC2)c(OC)c1OC. The summed E-state index contributed by atoms with van der Waals surface area (Å²) >= 11 is 0. The molecule has 1 saturated heterocycles. The lowest BCUT2D eigenvalue weighted by molar-refractivity contribution is -0.137. The van der Waals surface area contributed by atoms with Crippen LogP contribution in [-0.2, 0) is 12.7 Å². The Bertz CT molecular complexity index is 1100. The van der Waals surface area contributed by atoms with Gasteiger partial charge in [-0.25, -0.2) is 0 Å². The summed E-state index contributed by atoms with van der Waals surface area (Å²) in [6, 6.07) is 9.21. The maximum absolute atomic E-state index is 12.9. The van der Waals surface area contributed by atoms with Crippen molar-refractivity contribution in [2.45, 2.75) is 31.3 Å². The van der Waals surface area contributed by atoms with Crippen LogP contribution >= 0.6 is 0 Å². The topological polar surface area (TPSA) is 49.8 Å². The molecule has 2 unspecified atom stereocenters. The number of piperazine rings is 1. The molecule has 0 spiro atoms. The van der Waals surface area contributed by atoms with Gasteiger partial charge in [0, 0.05) is 51.0 Å². The van der Waals surface area contributed by atoms with Crippen molar-refractivity contribution in [2.75, 3.05) is 61.1 Å². The van der Waals surface area contributed by atoms with Crippen molar-refractivity contribution in [3.63, 3.8) is 0 Å². The average molecular weight is 521 g/mol. The van der Waals surface area contributed by atoms with E-state index in [0.717, 1.165) is 62.5 Å². The van der Waals surface area contributed by atoms with Gasteiger partial charge in [-0.15, -0.1) is 0 Å². The quantitative estimate of drug-likeness (QED) is 0.517. The van der Waals surface area contributed by atoms with Crippen LogP contribution in [0.3, 0.4) is 0 Å². The summed E-state index contributed by atoms with van der Waals surface area (Å²) in [6.45, 7) is 7.26. The molecule has 0 saturated carbocycles. The third-order valence-electron chi connectivity index (χ3n) is 7.39. The number of rotatable bonds is 8. The van der Waals surface area contributed by atoms with Gasteiger partial charge >= 0.3 is 6.18 Å². The van der Waals surface area contributed by atoms with Crippen molar-refractivity contribution < 1.29 is 27.4 Å². The van der Waals surface area contributed by atoms with Crippen LogP contribution in [0, 0.1) is 0 Å². The van der Waals surface area contributed by atoms with Gasteiger partial charge in [0.25, 0.3) is 0 Å². The largest absolute Gasteiger partial charge is 0.493 e. The van der Waals surface area contributed by atoms with E-state index in [1.54, 1.807) is 21.3 Å². The molecule has 2 atom stereocenters. The van der Waals surface area contributed by atoms with Crippen LogP contribution in [-0.4, -0.2) is 87.6 Å². The molecule has 2 aliphatic rings. The number of hydrogen-bond acceptors (Lipinski definition) is 7. The first-order valence-corrected chi connectivity index (χ1v) is 12.3. The lowest BCUT2D eigenvalue weighted by Crippen LogP contribution is -2.55. The highest BCUT2D eigenvalue weighted by Crippen LogP contribution is 2.40. The number of methoxy groups -OCH3 is 3. The molecule has 0 aliphatic carbocycles. The van der Waals surface area contributed by atoms with Crippen molar-refractivity contribution in [2.24, 2.45) is 4.99 Å². The lowest BCUT2D eigenvalue weighted by Gasteiger charge is -2.41. The predicted molar refractivity (Wildman–Crippen MR) is 137 cm³/mol. The Morgan fingerprint density at radius 1 is 0.892 bits per heavy atom. The highest BCUT2D eigenvalue weighted by atomic mass is 19.4. The third-order valence-corrected chi connectivity index (χ3v) is 7.39. The fourth-order valence-electron chi connectivity index (χ4n) is 5.09. The number of benzene rings is 2. The van der Waals surface area contributed by atoms with E-state index >= 15 is 0 Å². The summed E-state index contributed by atoms with van der Waals surface area (Å²) in [5.41, 5.74) is 0.834. The summed E-state index contributed by atoms with van der Waals surface area (Å²) in [4.78, 5) is 11.6. The molecule has 2 aromatic carbocycles. The molecule has 202 valence electrons. The van der Waals surface area contributed by atoms with Crippen molar-refractivity contribution >= 4 is 6.21 Å². The second-order valence-corrected chi connectivity index (χ2v) is 9.79. The number of ether oxygens (including phenoxy) is 3. The fourth-order valence-corrected chi connectivity index (χ4v) is 5.09. The van der Waals surface area contributed by atoms with Crippen LogP contribution in [0.25, 0.3) is 0 Å². The van der Waals surface area contributed by atoms with Crippen LogP contribution in [0.1, 0.15) is 29.8 Å². The van der Waals surface area contributed by atoms with Crippen molar-refractivity contribution in [1.82, 2.24) is 14.7 Å². The molecular formula is C27H35F3N4O3. The van der Waals surface area contributed by atoms with E-state index in [-0.39, 0.29) is 11.7 Å². The Morgan fingerprint density at radius 2 is 1.51 bits per heavy atom. The minimum atomic E-state index is -4.34. The number of alkyl halides is 3. The Labute approximate surface area is 216 Å². The standard InChI is InChI=1S/C27H35F3N4O3/c1-26(17-31-25(32(26)2)19-6-9-21(10-7-19)27(28,29)30)18-34-14-12-33(13-15-34)16-20-8-11-22(35-3)24(37-5)23(20)36-4/h6-11,17,25H,12-16,18H2,1-5H3. The molecule has 0 radical (unpaired) electrons. The van der Waals surface area contributed by atoms with Crippen molar-refractivity contribution in [3.05, 3.63) is 53.1 Å². The molecule has 10 heteroatoms. The number of aliphatic imine (C=N–C) groups is 1. The predicted octanol–water partition coefficient (Wildman–Crippen LogP) is 4.32. The summed E-state index contributed by atoms with van der Waals surface area (Å²) < 4.78 is 55.4. The van der Waals surface area contributed by atoms with E-state index in [1.165, 1.54) is 12.1 Å². The minimum Gasteiger partial charge on any atom is -0.493 e. The molecule has 1 fully saturated rings. The minimum absolute atomic E-state index is 0.300. The van der Waals surface area contributed by atoms with Crippen LogP contribution in [0.15, 0.2) is 41.4 Å². The van der Waals surface area contributed by atoms with Crippen LogP contribution in [0.4, 0.5) is 13.2 Å². The molecule has 0 bridgehead atoms. The van der Waals surface area contributed by atoms with Gasteiger partial charge in [-0.1, -0.05) is 18.2 Å². The first-order chi connectivity index (χ1) is 17.6. The molecule has 0 amide bonds. The maximum atomic E-state index is 12.9. The second kappa shape index (κ2) is 10.9. The van der Waals surface area contributed by atoms with Gasteiger partial charge < -0.3 is 14.2 Å². The normalized spacial score (nSPS) is 23.4. The molecule has 2 aromatic rings. The van der Waals surface area contributed by atoms with Gasteiger partial charge in [0.1, 0.15) is 6.17 Å². The van der Waals surface area contributed by atoms with E-state index < -0.39 is 11.7 Å². The molecule has 2 aliphatic heterocycles. The molecular weight excluding hydrogens is 485 g/mol. The Balaban J connectivity index is 1.35. The number of nitrogens with zero attached hydrogens (tertiary/aromatic N) is 4. The van der Waals surface area contributed by atoms with E-state index in [9.17, 15) is 13.2 Å². The molecule has 37 heavy (non-hydrogen) atoms. The molecule has 2 heterocycles.